The summed E-state index contributed by atoms with van der Waals surface area (Å²) in [6.07, 6.45) is 0.186. The van der Waals surface area contributed by atoms with Gasteiger partial charge in [-0.25, -0.2) is 4.79 Å². The third-order valence-corrected chi connectivity index (χ3v) is 5.88. The molecule has 0 saturated carbocycles. The van der Waals surface area contributed by atoms with Crippen molar-refractivity contribution in [1.82, 2.24) is 8.75 Å². The first-order valence-corrected chi connectivity index (χ1v) is 11.6. The van der Waals surface area contributed by atoms with Gasteiger partial charge in [0.15, 0.2) is 5.78 Å². The molecule has 0 aliphatic carbocycles. The summed E-state index contributed by atoms with van der Waals surface area (Å²) >= 11 is 1.06. The lowest BCUT2D eigenvalue weighted by molar-refractivity contribution is -0.130. The van der Waals surface area contributed by atoms with Crippen LogP contribution in [0.3, 0.4) is 0 Å². The normalized spacial score (nSPS) is 12.0. The molecular formula is C27H24N2O4S. The van der Waals surface area contributed by atoms with Crippen molar-refractivity contribution in [2.24, 2.45) is 0 Å². The van der Waals surface area contributed by atoms with Crippen molar-refractivity contribution in [1.29, 1.82) is 0 Å². The quantitative estimate of drug-likeness (QED) is 0.259. The van der Waals surface area contributed by atoms with E-state index in [2.05, 4.69) is 8.75 Å². The SMILES string of the molecule is Cc1ccc(C/C(C(=O)c2ccc(OC(C)C)cc2)=C(\C(=O)O)c2ccc3nsnc3c2)cc1. The molecule has 0 radical (unpaired) electrons. The summed E-state index contributed by atoms with van der Waals surface area (Å²) in [5, 5.41) is 10.2. The van der Waals surface area contributed by atoms with Gasteiger partial charge in [0.2, 0.25) is 0 Å². The van der Waals surface area contributed by atoms with E-state index in [1.54, 1.807) is 42.5 Å². The molecule has 1 N–H and O–H groups in total. The molecule has 0 fully saturated rings. The Kier molecular flexibility index (Phi) is 6.84. The van der Waals surface area contributed by atoms with Gasteiger partial charge in [0.25, 0.3) is 0 Å². The minimum Gasteiger partial charge on any atom is -0.491 e. The Morgan fingerprint density at radius 3 is 2.21 bits per heavy atom. The number of aryl methyl sites for hydroxylation is 1. The topological polar surface area (TPSA) is 89.4 Å². The second kappa shape index (κ2) is 9.97. The van der Waals surface area contributed by atoms with E-state index in [-0.39, 0.29) is 29.5 Å². The van der Waals surface area contributed by atoms with Crippen molar-refractivity contribution >= 4 is 40.1 Å². The highest BCUT2D eigenvalue weighted by atomic mass is 32.1. The molecule has 4 aromatic rings. The number of hydrogen-bond acceptors (Lipinski definition) is 6. The number of nitrogens with zero attached hydrogens (tertiary/aromatic N) is 2. The maximum Gasteiger partial charge on any atom is 0.336 e. The summed E-state index contributed by atoms with van der Waals surface area (Å²) in [5.41, 5.74) is 4.20. The summed E-state index contributed by atoms with van der Waals surface area (Å²) in [5.74, 6) is -0.862. The van der Waals surface area contributed by atoms with Crippen LogP contribution in [-0.2, 0) is 11.2 Å². The summed E-state index contributed by atoms with van der Waals surface area (Å²) in [7, 11) is 0. The van der Waals surface area contributed by atoms with E-state index in [0.717, 1.165) is 22.9 Å². The Balaban J connectivity index is 1.84. The van der Waals surface area contributed by atoms with Crippen molar-refractivity contribution in [3.05, 3.63) is 94.6 Å². The largest absolute Gasteiger partial charge is 0.491 e. The lowest BCUT2D eigenvalue weighted by Crippen LogP contribution is -2.14. The van der Waals surface area contributed by atoms with Crippen LogP contribution in [0.15, 0.2) is 72.3 Å². The Bertz CT molecular complexity index is 1370. The molecule has 0 aliphatic rings. The molecule has 3 aromatic carbocycles. The van der Waals surface area contributed by atoms with E-state index in [4.69, 9.17) is 4.74 Å². The van der Waals surface area contributed by atoms with Crippen LogP contribution in [0, 0.1) is 6.92 Å². The van der Waals surface area contributed by atoms with Gasteiger partial charge in [0.05, 0.1) is 23.4 Å². The van der Waals surface area contributed by atoms with Crippen molar-refractivity contribution in [2.45, 2.75) is 33.3 Å². The highest BCUT2D eigenvalue weighted by Crippen LogP contribution is 2.28. The minimum absolute atomic E-state index is 0.00674. The molecule has 0 aliphatic heterocycles. The molecule has 34 heavy (non-hydrogen) atoms. The molecule has 0 atom stereocenters. The van der Waals surface area contributed by atoms with Crippen molar-refractivity contribution < 1.29 is 19.4 Å². The van der Waals surface area contributed by atoms with Crippen LogP contribution in [0.4, 0.5) is 0 Å². The average molecular weight is 473 g/mol. The smallest absolute Gasteiger partial charge is 0.336 e. The van der Waals surface area contributed by atoms with Crippen LogP contribution < -0.4 is 4.74 Å². The Hall–Kier alpha value is -3.84. The average Bonchev–Trinajstić information content (AvgIpc) is 3.27. The van der Waals surface area contributed by atoms with Crippen LogP contribution in [0.1, 0.15) is 40.9 Å². The zero-order valence-electron chi connectivity index (χ0n) is 19.1. The lowest BCUT2D eigenvalue weighted by atomic mass is 9.89. The van der Waals surface area contributed by atoms with Gasteiger partial charge in [0.1, 0.15) is 16.8 Å². The molecule has 7 heteroatoms. The summed E-state index contributed by atoms with van der Waals surface area (Å²) < 4.78 is 14.1. The van der Waals surface area contributed by atoms with E-state index < -0.39 is 5.97 Å². The number of benzene rings is 3. The van der Waals surface area contributed by atoms with Crippen LogP contribution in [0.25, 0.3) is 16.6 Å². The first-order chi connectivity index (χ1) is 16.3. The van der Waals surface area contributed by atoms with Crippen molar-refractivity contribution in [2.75, 3.05) is 0 Å². The highest BCUT2D eigenvalue weighted by Gasteiger charge is 2.24. The minimum atomic E-state index is -1.17. The maximum absolute atomic E-state index is 13.7. The Morgan fingerprint density at radius 1 is 0.912 bits per heavy atom. The number of ether oxygens (including phenoxy) is 1. The zero-order chi connectivity index (χ0) is 24.2. The number of fused-ring (bicyclic) bond motifs is 1. The molecule has 1 aromatic heterocycles. The van der Waals surface area contributed by atoms with Crippen LogP contribution in [-0.4, -0.2) is 31.7 Å². The van der Waals surface area contributed by atoms with Crippen LogP contribution in [0.2, 0.25) is 0 Å². The number of carboxylic acid groups (broad SMARTS) is 1. The maximum atomic E-state index is 13.7. The van der Waals surface area contributed by atoms with Crippen LogP contribution >= 0.6 is 11.7 Å². The van der Waals surface area contributed by atoms with Gasteiger partial charge in [-0.3, -0.25) is 4.79 Å². The number of carbonyl (C=O) groups is 2. The van der Waals surface area contributed by atoms with Crippen molar-refractivity contribution in [3.8, 4) is 5.75 Å². The summed E-state index contributed by atoms with van der Waals surface area (Å²) in [4.78, 5) is 26.2. The third kappa shape index (κ3) is 5.21. The molecule has 6 nitrogen and oxygen atoms in total. The van der Waals surface area contributed by atoms with Gasteiger partial charge in [-0.15, -0.1) is 0 Å². The molecule has 0 amide bonds. The van der Waals surface area contributed by atoms with Gasteiger partial charge in [-0.2, -0.15) is 8.75 Å². The van der Waals surface area contributed by atoms with Crippen molar-refractivity contribution in [3.63, 3.8) is 0 Å². The number of ketones is 1. The predicted molar refractivity (Wildman–Crippen MR) is 133 cm³/mol. The number of Topliss-reactive ketones (excluding diaryl/α,β-unsaturated/α-hetero) is 1. The number of aliphatic carboxylic acids is 1. The number of carbonyl (C=O) groups excluding carboxylic acids is 1. The number of hydrogen-bond donors (Lipinski definition) is 1. The molecule has 1 heterocycles. The van der Waals surface area contributed by atoms with Gasteiger partial charge >= 0.3 is 5.97 Å². The molecule has 4 rings (SSSR count). The predicted octanol–water partition coefficient (Wildman–Crippen LogP) is 5.75. The first-order valence-electron chi connectivity index (χ1n) is 10.9. The monoisotopic (exact) mass is 472 g/mol. The van der Waals surface area contributed by atoms with E-state index in [9.17, 15) is 14.7 Å². The number of allylic oxidation sites excluding steroid dienone is 1. The number of rotatable bonds is 8. The fourth-order valence-corrected chi connectivity index (χ4v) is 4.21. The molecule has 0 bridgehead atoms. The zero-order valence-corrected chi connectivity index (χ0v) is 19.9. The molecular weight excluding hydrogens is 448 g/mol. The third-order valence-electron chi connectivity index (χ3n) is 5.32. The van der Waals surface area contributed by atoms with E-state index in [1.165, 1.54) is 0 Å². The van der Waals surface area contributed by atoms with E-state index in [1.807, 2.05) is 45.0 Å². The van der Waals surface area contributed by atoms with Crippen LogP contribution in [0.5, 0.6) is 5.75 Å². The second-order valence-corrected chi connectivity index (χ2v) is 8.84. The molecule has 0 unspecified atom stereocenters. The first kappa shape index (κ1) is 23.3. The highest BCUT2D eigenvalue weighted by molar-refractivity contribution is 7.00. The lowest BCUT2D eigenvalue weighted by Gasteiger charge is -2.14. The van der Waals surface area contributed by atoms with E-state index in [0.29, 0.717) is 27.9 Å². The number of aromatic nitrogens is 2. The standard InChI is InChI=1S/C27H24N2O4S/c1-16(2)33-21-11-8-19(9-12-21)26(30)22(14-18-6-4-17(3)5-7-18)25(27(31)32)20-10-13-23-24(15-20)29-34-28-23/h4-13,15-16H,14H2,1-3H3,(H,31,32)/b25-22+. The Labute approximate surface area is 201 Å². The fraction of sp³-hybridized carbons (Fsp3) is 0.185. The fourth-order valence-electron chi connectivity index (χ4n) is 3.69. The van der Waals surface area contributed by atoms with Gasteiger partial charge in [0, 0.05) is 17.6 Å². The van der Waals surface area contributed by atoms with Gasteiger partial charge in [-0.1, -0.05) is 35.9 Å². The van der Waals surface area contributed by atoms with Gasteiger partial charge in [-0.05, 0) is 68.3 Å². The molecule has 0 saturated heterocycles. The number of carboxylic acids is 1. The molecule has 0 spiro atoms. The summed E-state index contributed by atoms with van der Waals surface area (Å²) in [6.45, 7) is 5.83. The van der Waals surface area contributed by atoms with E-state index >= 15 is 0 Å². The Morgan fingerprint density at radius 2 is 1.56 bits per heavy atom. The molecule has 172 valence electrons. The second-order valence-electron chi connectivity index (χ2n) is 8.31. The summed E-state index contributed by atoms with van der Waals surface area (Å²) in [6, 6.07) is 19.6. The van der Waals surface area contributed by atoms with Gasteiger partial charge < -0.3 is 9.84 Å².